The van der Waals surface area contributed by atoms with Gasteiger partial charge in [0, 0.05) is 44.7 Å². The highest BCUT2D eigenvalue weighted by atomic mass is 16.8. The van der Waals surface area contributed by atoms with Crippen molar-refractivity contribution in [1.82, 2.24) is 5.32 Å². The van der Waals surface area contributed by atoms with Crippen LogP contribution in [-0.2, 0) is 52.4 Å². The van der Waals surface area contributed by atoms with Crippen molar-refractivity contribution in [2.75, 3.05) is 0 Å². The van der Waals surface area contributed by atoms with E-state index in [9.17, 15) is 24.0 Å². The molecule has 1 saturated heterocycles. The molecule has 2 aliphatic carbocycles. The van der Waals surface area contributed by atoms with E-state index in [1.165, 1.54) is 20.8 Å². The first-order chi connectivity index (χ1) is 21.6. The third-order valence-electron chi connectivity index (χ3n) is 8.07. The van der Waals surface area contributed by atoms with Gasteiger partial charge >= 0.3 is 23.9 Å². The second-order valence-electron chi connectivity index (χ2n) is 11.5. The number of ether oxygens (including phenoxy) is 6. The van der Waals surface area contributed by atoms with E-state index >= 15 is 0 Å². The molecular weight excluding hydrogens is 586 g/mol. The number of amides is 1. The van der Waals surface area contributed by atoms with E-state index < -0.39 is 78.2 Å². The Kier molecular flexibility index (Phi) is 9.83. The fraction of sp³-hybridized carbons (Fsp3) is 0.485. The molecule has 5 rings (SSSR count). The Morgan fingerprint density at radius 3 is 1.49 bits per heavy atom. The van der Waals surface area contributed by atoms with Crippen molar-refractivity contribution in [3.63, 3.8) is 0 Å². The molecule has 2 aromatic carbocycles. The minimum Gasteiger partial charge on any atom is -0.454 e. The van der Waals surface area contributed by atoms with Crippen LogP contribution in [0.4, 0.5) is 0 Å². The SMILES string of the molecule is CC(=O)NC1[C@@H](OC(=O)[C@@H](OC(C)=O)c2ccccc2)[C@@H]2OC3(CCCCC3)O[C@@H]2[C@H]1OC(=O)[C@@H](OC(C)=O)c1ccccc1. The lowest BCUT2D eigenvalue weighted by atomic mass is 9.94. The van der Waals surface area contributed by atoms with Crippen LogP contribution in [0, 0.1) is 0 Å². The first-order valence-corrected chi connectivity index (χ1v) is 15.0. The van der Waals surface area contributed by atoms with Crippen LogP contribution in [0.1, 0.15) is 76.2 Å². The van der Waals surface area contributed by atoms with E-state index in [4.69, 9.17) is 28.4 Å². The number of carbonyl (C=O) groups is 5. The lowest BCUT2D eigenvalue weighted by Gasteiger charge is -2.36. The molecule has 12 nitrogen and oxygen atoms in total. The molecule has 3 fully saturated rings. The fourth-order valence-electron chi connectivity index (χ4n) is 6.25. The van der Waals surface area contributed by atoms with Crippen LogP contribution >= 0.6 is 0 Å². The number of fused-ring (bicyclic) bond motifs is 1. The number of benzene rings is 2. The van der Waals surface area contributed by atoms with E-state index in [1.807, 2.05) is 0 Å². The molecule has 1 heterocycles. The summed E-state index contributed by atoms with van der Waals surface area (Å²) in [4.78, 5) is 63.8. The fourth-order valence-corrected chi connectivity index (χ4v) is 6.25. The topological polar surface area (TPSA) is 153 Å². The summed E-state index contributed by atoms with van der Waals surface area (Å²) in [5, 5.41) is 2.74. The molecule has 3 aliphatic rings. The minimum atomic E-state index is -1.40. The van der Waals surface area contributed by atoms with Gasteiger partial charge < -0.3 is 33.7 Å². The summed E-state index contributed by atoms with van der Waals surface area (Å²) in [5.74, 6) is -4.69. The van der Waals surface area contributed by atoms with Gasteiger partial charge in [-0.15, -0.1) is 0 Å². The second-order valence-corrected chi connectivity index (χ2v) is 11.5. The molecule has 0 aromatic heterocycles. The highest BCUT2D eigenvalue weighted by Gasteiger charge is 2.65. The van der Waals surface area contributed by atoms with E-state index in [-0.39, 0.29) is 0 Å². The molecular formula is C33H37NO11. The smallest absolute Gasteiger partial charge is 0.352 e. The molecule has 12 heteroatoms. The Bertz CT molecular complexity index is 1300. The van der Waals surface area contributed by atoms with Crippen molar-refractivity contribution in [2.24, 2.45) is 0 Å². The van der Waals surface area contributed by atoms with Crippen LogP contribution in [0.5, 0.6) is 0 Å². The molecule has 2 aromatic rings. The average Bonchev–Trinajstić information content (AvgIpc) is 3.48. The largest absolute Gasteiger partial charge is 0.454 e. The van der Waals surface area contributed by atoms with Crippen LogP contribution < -0.4 is 5.32 Å². The van der Waals surface area contributed by atoms with Gasteiger partial charge in [-0.05, 0) is 12.8 Å². The number of nitrogens with one attached hydrogen (secondary N) is 1. The third kappa shape index (κ3) is 7.34. The van der Waals surface area contributed by atoms with Gasteiger partial charge in [0.2, 0.25) is 18.1 Å². The van der Waals surface area contributed by atoms with Crippen LogP contribution in [-0.4, -0.2) is 66.0 Å². The maximum Gasteiger partial charge on any atom is 0.352 e. The highest BCUT2D eigenvalue weighted by Crippen LogP contribution is 2.48. The maximum atomic E-state index is 13.7. The first-order valence-electron chi connectivity index (χ1n) is 15.0. The van der Waals surface area contributed by atoms with Crippen molar-refractivity contribution < 1.29 is 52.4 Å². The predicted molar refractivity (Wildman–Crippen MR) is 155 cm³/mol. The van der Waals surface area contributed by atoms with E-state index in [0.29, 0.717) is 24.0 Å². The molecule has 0 radical (unpaired) electrons. The van der Waals surface area contributed by atoms with Crippen molar-refractivity contribution in [2.45, 2.75) is 101 Å². The molecule has 1 spiro atoms. The number of rotatable bonds is 9. The molecule has 240 valence electrons. The lowest BCUT2D eigenvalue weighted by Crippen LogP contribution is -2.53. The quantitative estimate of drug-likeness (QED) is 0.323. The molecule has 7 atom stereocenters. The lowest BCUT2D eigenvalue weighted by molar-refractivity contribution is -0.224. The summed E-state index contributed by atoms with van der Waals surface area (Å²) in [6.07, 6.45) is -3.26. The van der Waals surface area contributed by atoms with Crippen molar-refractivity contribution in [3.8, 4) is 0 Å². The Hall–Kier alpha value is -4.29. The zero-order valence-corrected chi connectivity index (χ0v) is 25.3. The van der Waals surface area contributed by atoms with Crippen LogP contribution in [0.2, 0.25) is 0 Å². The summed E-state index contributed by atoms with van der Waals surface area (Å²) < 4.78 is 35.7. The van der Waals surface area contributed by atoms with Gasteiger partial charge in [0.15, 0.2) is 18.0 Å². The van der Waals surface area contributed by atoms with Gasteiger partial charge in [0.05, 0.1) is 0 Å². The van der Waals surface area contributed by atoms with Gasteiger partial charge in [0.1, 0.15) is 18.2 Å². The summed E-state index contributed by atoms with van der Waals surface area (Å²) in [6.45, 7) is 3.63. The van der Waals surface area contributed by atoms with Gasteiger partial charge in [-0.25, -0.2) is 9.59 Å². The molecule has 1 aliphatic heterocycles. The molecule has 0 bridgehead atoms. The zero-order chi connectivity index (χ0) is 32.1. The molecule has 1 amide bonds. The monoisotopic (exact) mass is 623 g/mol. The van der Waals surface area contributed by atoms with Gasteiger partial charge in [-0.3, -0.25) is 14.4 Å². The number of hydrogen-bond donors (Lipinski definition) is 1. The van der Waals surface area contributed by atoms with Gasteiger partial charge in [0.25, 0.3) is 0 Å². The van der Waals surface area contributed by atoms with Crippen LogP contribution in [0.3, 0.4) is 0 Å². The second kappa shape index (κ2) is 13.8. The van der Waals surface area contributed by atoms with Crippen LogP contribution in [0.15, 0.2) is 60.7 Å². The number of hydrogen-bond acceptors (Lipinski definition) is 11. The Morgan fingerprint density at radius 1 is 0.689 bits per heavy atom. The van der Waals surface area contributed by atoms with E-state index in [1.54, 1.807) is 60.7 Å². The Morgan fingerprint density at radius 2 is 1.11 bits per heavy atom. The number of esters is 4. The normalized spacial score (nSPS) is 26.2. The minimum absolute atomic E-state index is 0.380. The first kappa shape index (κ1) is 32.1. The van der Waals surface area contributed by atoms with E-state index in [2.05, 4.69) is 5.32 Å². The van der Waals surface area contributed by atoms with Crippen molar-refractivity contribution in [1.29, 1.82) is 0 Å². The van der Waals surface area contributed by atoms with Crippen molar-refractivity contribution >= 4 is 29.8 Å². The van der Waals surface area contributed by atoms with Gasteiger partial charge in [-0.2, -0.15) is 0 Å². The van der Waals surface area contributed by atoms with Crippen LogP contribution in [0.25, 0.3) is 0 Å². The summed E-state index contributed by atoms with van der Waals surface area (Å²) in [6, 6.07) is 15.6. The molecule has 2 saturated carbocycles. The molecule has 45 heavy (non-hydrogen) atoms. The summed E-state index contributed by atoms with van der Waals surface area (Å²) >= 11 is 0. The van der Waals surface area contributed by atoms with E-state index in [0.717, 1.165) is 19.3 Å². The standard InChI is InChI=1S/C33H37NO11/c1-19(35)34-24-27(42-31(38)25(40-20(2)36)22-13-7-4-8-14-22)29-30(45-33(44-29)17-11-6-12-18-33)28(24)43-32(39)26(41-21(3)37)23-15-9-5-10-16-23/h4-5,7-10,13-16,24-30H,6,11-12,17-18H2,1-3H3,(H,34,35)/t24?,25-,26-,27-,28+,29+,30-/m0/s1. The Labute approximate surface area is 260 Å². The summed E-state index contributed by atoms with van der Waals surface area (Å²) in [7, 11) is 0. The molecule has 1 unspecified atom stereocenters. The molecule has 1 N–H and O–H groups in total. The Balaban J connectivity index is 1.48. The highest BCUT2D eigenvalue weighted by molar-refractivity contribution is 5.82. The summed E-state index contributed by atoms with van der Waals surface area (Å²) in [5.41, 5.74) is 0.761. The van der Waals surface area contributed by atoms with Crippen molar-refractivity contribution in [3.05, 3.63) is 71.8 Å². The van der Waals surface area contributed by atoms with Gasteiger partial charge in [-0.1, -0.05) is 67.1 Å². The maximum absolute atomic E-state index is 13.7. The average molecular weight is 624 g/mol. The third-order valence-corrected chi connectivity index (χ3v) is 8.07. The predicted octanol–water partition coefficient (Wildman–Crippen LogP) is 3.38. The zero-order valence-electron chi connectivity index (χ0n) is 25.3. The number of carbonyl (C=O) groups excluding carboxylic acids is 5.